The van der Waals surface area contributed by atoms with Crippen molar-refractivity contribution in [1.29, 1.82) is 0 Å². The van der Waals surface area contributed by atoms with Crippen LogP contribution in [0.25, 0.3) is 11.3 Å². The summed E-state index contributed by atoms with van der Waals surface area (Å²) in [7, 11) is 0.815. The largest absolute Gasteiger partial charge is 0.465 e. The molecule has 2 bridgehead atoms. The summed E-state index contributed by atoms with van der Waals surface area (Å²) in [6.45, 7) is -0.0252. The van der Waals surface area contributed by atoms with Gasteiger partial charge in [-0.1, -0.05) is 24.0 Å². The molecule has 0 saturated carbocycles. The third-order valence-electron chi connectivity index (χ3n) is 14.8. The lowest BCUT2D eigenvalue weighted by molar-refractivity contribution is -0.221. The third-order valence-corrected chi connectivity index (χ3v) is 14.8. The van der Waals surface area contributed by atoms with Crippen molar-refractivity contribution in [2.24, 2.45) is 10.8 Å². The van der Waals surface area contributed by atoms with Crippen LogP contribution in [0.4, 0.5) is 59.2 Å². The van der Waals surface area contributed by atoms with Crippen molar-refractivity contribution < 1.29 is 82.8 Å². The number of carboxylic acid groups (broad SMARTS) is 1. The van der Waals surface area contributed by atoms with E-state index in [9.17, 15) is 64.5 Å². The van der Waals surface area contributed by atoms with Crippen molar-refractivity contribution in [2.75, 3.05) is 44.9 Å². The Bertz CT molecular complexity index is 2890. The van der Waals surface area contributed by atoms with Crippen LogP contribution in [0.3, 0.4) is 0 Å². The average molecular weight is 1140 g/mol. The summed E-state index contributed by atoms with van der Waals surface area (Å²) < 4.78 is 155. The lowest BCUT2D eigenvalue weighted by atomic mass is 9.82. The van der Waals surface area contributed by atoms with Gasteiger partial charge in [-0.25, -0.2) is 28.1 Å². The maximum absolute atomic E-state index is 16.0. The number of fused-ring (bicyclic) bond motifs is 2. The van der Waals surface area contributed by atoms with Gasteiger partial charge >= 0.3 is 31.1 Å². The molecular weight excluding hydrogens is 1080 g/mol. The van der Waals surface area contributed by atoms with E-state index in [1.165, 1.54) is 17.4 Å². The number of halogens is 10. The van der Waals surface area contributed by atoms with Crippen molar-refractivity contribution in [3.8, 4) is 23.1 Å². The number of amides is 4. The molecule has 27 heteroatoms. The lowest BCUT2D eigenvalue weighted by Gasteiger charge is -2.48. The van der Waals surface area contributed by atoms with Gasteiger partial charge in [0.1, 0.15) is 23.7 Å². The number of hydrogen-bond acceptors (Lipinski definition) is 11. The molecule has 6 atom stereocenters. The molecule has 1 aromatic heterocycles. The van der Waals surface area contributed by atoms with Gasteiger partial charge in [0.2, 0.25) is 5.91 Å². The van der Waals surface area contributed by atoms with Gasteiger partial charge in [0.25, 0.3) is 5.91 Å². The predicted octanol–water partition coefficient (Wildman–Crippen LogP) is 7.13. The fraction of sp³-hybridized carbons (Fsp3) is 0.491. The van der Waals surface area contributed by atoms with Crippen molar-refractivity contribution in [1.82, 2.24) is 41.1 Å². The van der Waals surface area contributed by atoms with E-state index in [0.29, 0.717) is 74.1 Å². The van der Waals surface area contributed by atoms with Gasteiger partial charge in [0, 0.05) is 72.4 Å². The first kappa shape index (κ1) is 60.5. The van der Waals surface area contributed by atoms with Crippen LogP contribution in [0, 0.1) is 34.3 Å². The number of methoxy groups -OCH3 is 1. The van der Waals surface area contributed by atoms with E-state index >= 15 is 8.78 Å². The van der Waals surface area contributed by atoms with Gasteiger partial charge in [-0.15, -0.1) is 0 Å². The van der Waals surface area contributed by atoms with Crippen LogP contribution in [0.15, 0.2) is 72.9 Å². The summed E-state index contributed by atoms with van der Waals surface area (Å²) >= 11 is 0. The number of anilines is 1. The number of hydrazine groups is 1. The van der Waals surface area contributed by atoms with Gasteiger partial charge in [-0.2, -0.15) is 40.2 Å². The zero-order valence-electron chi connectivity index (χ0n) is 43.8. The molecule has 0 spiro atoms. The molecule has 3 aliphatic rings. The Labute approximate surface area is 452 Å². The molecule has 0 radical (unpaired) electrons. The number of piperazine rings is 1. The number of hydrogen-bond donors (Lipinski definition) is 6. The van der Waals surface area contributed by atoms with Crippen LogP contribution in [-0.4, -0.2) is 149 Å². The Kier molecular flexibility index (Phi) is 18.4. The fourth-order valence-electron chi connectivity index (χ4n) is 9.76. The maximum atomic E-state index is 16.0. The second-order valence-electron chi connectivity index (χ2n) is 20.9. The molecule has 3 saturated heterocycles. The van der Waals surface area contributed by atoms with Crippen molar-refractivity contribution >= 4 is 29.7 Å². The van der Waals surface area contributed by atoms with Crippen LogP contribution in [0.5, 0.6) is 0 Å². The second-order valence-corrected chi connectivity index (χ2v) is 20.9. The molecule has 3 aliphatic heterocycles. The number of nitrogens with one attached hydrogen (secondary N) is 4. The van der Waals surface area contributed by atoms with E-state index in [0.717, 1.165) is 64.2 Å². The first-order chi connectivity index (χ1) is 37.5. The molecule has 17 nitrogen and oxygen atoms in total. The number of carbonyl (C=O) groups is 4. The fourth-order valence-corrected chi connectivity index (χ4v) is 9.76. The molecule has 4 amide bonds. The topological polar surface area (TPSA) is 203 Å². The highest BCUT2D eigenvalue weighted by molar-refractivity contribution is 5.87. The van der Waals surface area contributed by atoms with E-state index < -0.39 is 115 Å². The summed E-state index contributed by atoms with van der Waals surface area (Å²) in [5.74, 6) is -0.0818. The highest BCUT2D eigenvalue weighted by Gasteiger charge is 2.57. The van der Waals surface area contributed by atoms with Crippen molar-refractivity contribution in [2.45, 2.75) is 115 Å². The van der Waals surface area contributed by atoms with E-state index in [1.54, 1.807) is 12.1 Å². The first-order valence-corrected chi connectivity index (χ1v) is 25.1. The maximum Gasteiger partial charge on any atom is 0.407 e. The molecule has 4 heterocycles. The van der Waals surface area contributed by atoms with E-state index in [4.69, 9.17) is 4.74 Å². The number of aliphatic hydroxyl groups is 1. The minimum absolute atomic E-state index is 0.190. The number of nitrogens with zero attached hydrogens (tertiary/aromatic N) is 5. The van der Waals surface area contributed by atoms with E-state index in [1.807, 2.05) is 35.0 Å². The van der Waals surface area contributed by atoms with Gasteiger partial charge in [-0.3, -0.25) is 19.9 Å². The highest BCUT2D eigenvalue weighted by atomic mass is 19.4. The number of carbonyl (C=O) groups excluding carboxylic acids is 3. The number of alkyl halides is 8. The predicted molar refractivity (Wildman–Crippen MR) is 267 cm³/mol. The number of alkyl carbamates (subject to hydrolysis) is 1. The van der Waals surface area contributed by atoms with Gasteiger partial charge in [0.05, 0.1) is 55.0 Å². The summed E-state index contributed by atoms with van der Waals surface area (Å²) in [6, 6.07) is 10.6. The molecule has 0 aliphatic carbocycles. The van der Waals surface area contributed by atoms with Gasteiger partial charge < -0.3 is 40.5 Å². The van der Waals surface area contributed by atoms with Gasteiger partial charge in [-0.05, 0) is 107 Å². The normalized spacial score (nSPS) is 18.6. The van der Waals surface area contributed by atoms with Crippen molar-refractivity contribution in [3.05, 3.63) is 107 Å². The Morgan fingerprint density at radius 2 is 1.32 bits per heavy atom. The number of aliphatic hydroxyl groups excluding tert-OH is 1. The summed E-state index contributed by atoms with van der Waals surface area (Å²) in [4.78, 5) is 57.0. The Balaban J connectivity index is 1.18. The standard InChI is InChI=1S/C53H59F10N9O8/c1-50(2,52(58,59)60)43(66-49(78)79-5)45(74)64-41(20-31-10-8-29(9-11-31)6-7-30-12-14-33(15-13-30)69-23-34-16-17-35(24-69)72(34)36-27-80-28-36)42(73)26-70(68-46(75)44(65-48(76)77)51(3,4)53(61,62)63)25-37-38(54)21-32(22-39(37)55)40-18-19-71(67-40)47(56)57/h8-15,18-19,21-22,34-36,41-44,47,65,73H,16-17,20,23-28H2,1-5H3,(H,64,74)(H,66,78)(H,68,75)(H,76,77)/t34?,35?,41-,42-,43+,44+/m0/s1. The van der Waals surface area contributed by atoms with Gasteiger partial charge in [0.15, 0.2) is 0 Å². The molecule has 80 heavy (non-hydrogen) atoms. The van der Waals surface area contributed by atoms with E-state index in [-0.39, 0.29) is 21.5 Å². The number of aromatic nitrogens is 2. The number of rotatable bonds is 19. The Morgan fingerprint density at radius 1 is 0.787 bits per heavy atom. The SMILES string of the molecule is COC(=O)N[C@H](C(=O)N[C@@H](Cc1ccc(C#Cc2ccc(N3CC4CCC(C3)N4C3COC3)cc2)cc1)[C@@H](O)CN(Cc1c(F)cc(-c2ccn(C(F)F)n2)cc1F)NC(=O)[C@@H](NC(=O)O)C(C)(C)C(F)(F)F)C(C)(C)C(F)(F)F. The smallest absolute Gasteiger partial charge is 0.407 e. The van der Waals surface area contributed by atoms with Crippen LogP contribution in [0.2, 0.25) is 0 Å². The number of ether oxygens (including phenoxy) is 2. The Hall–Kier alpha value is -7.15. The highest BCUT2D eigenvalue weighted by Crippen LogP contribution is 2.42. The second kappa shape index (κ2) is 24.3. The van der Waals surface area contributed by atoms with Crippen LogP contribution < -0.4 is 26.3 Å². The summed E-state index contributed by atoms with van der Waals surface area (Å²) in [6.07, 6.45) is -13.6. The first-order valence-electron chi connectivity index (χ1n) is 25.1. The molecule has 6 N–H and O–H groups in total. The third kappa shape index (κ3) is 13.9. The molecule has 2 unspecified atom stereocenters. The molecule has 4 aromatic rings. The molecule has 7 rings (SSSR count). The van der Waals surface area contributed by atoms with Crippen LogP contribution in [0.1, 0.15) is 69.3 Å². The molecule has 3 aromatic carbocycles. The van der Waals surface area contributed by atoms with E-state index in [2.05, 4.69) is 36.8 Å². The molecular formula is C53H59F10N9O8. The van der Waals surface area contributed by atoms with Crippen molar-refractivity contribution in [3.63, 3.8) is 0 Å². The monoisotopic (exact) mass is 1140 g/mol. The average Bonchev–Trinajstić information content (AvgIpc) is 3.96. The minimum Gasteiger partial charge on any atom is -0.465 e. The number of benzene rings is 3. The minimum atomic E-state index is -5.28. The zero-order chi connectivity index (χ0) is 58.6. The van der Waals surface area contributed by atoms with Crippen LogP contribution >= 0.6 is 0 Å². The lowest BCUT2D eigenvalue weighted by Crippen LogP contribution is -2.63. The quantitative estimate of drug-likeness (QED) is 0.0316. The molecule has 434 valence electrons. The molecule has 3 fully saturated rings. The van der Waals surface area contributed by atoms with Crippen LogP contribution in [-0.2, 0) is 32.0 Å². The summed E-state index contributed by atoms with van der Waals surface area (Å²) in [5, 5.41) is 31.1. The Morgan fingerprint density at radius 3 is 1.80 bits per heavy atom. The summed E-state index contributed by atoms with van der Waals surface area (Å²) in [5.41, 5.74) is -3.44. The zero-order valence-corrected chi connectivity index (χ0v) is 43.8.